The molecule has 0 aliphatic heterocycles. The molecule has 4 aromatic rings. The molecule has 192 valence electrons. The van der Waals surface area contributed by atoms with E-state index in [1.807, 2.05) is 72.8 Å². The van der Waals surface area contributed by atoms with E-state index in [-0.39, 0.29) is 0 Å². The van der Waals surface area contributed by atoms with E-state index in [2.05, 4.69) is 72.5 Å². The number of rotatable bonds is 11. The van der Waals surface area contributed by atoms with E-state index in [0.29, 0.717) is 11.1 Å². The highest BCUT2D eigenvalue weighted by molar-refractivity contribution is 5.90. The molecule has 0 N–H and O–H groups in total. The highest BCUT2D eigenvalue weighted by Gasteiger charge is 2.10. The minimum atomic E-state index is 0.649. The molecule has 0 spiro atoms. The molecule has 4 rings (SSSR count). The lowest BCUT2D eigenvalue weighted by molar-refractivity contribution is 0.668. The smallest absolute Gasteiger partial charge is 0.0998 e. The molecule has 4 aromatic carbocycles. The average Bonchev–Trinajstić information content (AvgIpc) is 3.00. The summed E-state index contributed by atoms with van der Waals surface area (Å²) in [6.45, 7) is 3.15. The van der Waals surface area contributed by atoms with Crippen LogP contribution < -0.4 is 4.90 Å². The Kier molecular flexibility index (Phi) is 9.88. The first kappa shape index (κ1) is 27.2. The summed E-state index contributed by atoms with van der Waals surface area (Å²) in [5, 5.41) is 19.4. The highest BCUT2D eigenvalue weighted by Crippen LogP contribution is 2.29. The lowest BCUT2D eigenvalue weighted by atomic mass is 10.0. The second-order valence-corrected chi connectivity index (χ2v) is 9.47. The average molecular weight is 508 g/mol. The van der Waals surface area contributed by atoms with Gasteiger partial charge < -0.3 is 4.90 Å². The van der Waals surface area contributed by atoms with E-state index in [0.717, 1.165) is 46.6 Å². The van der Waals surface area contributed by atoms with Gasteiger partial charge in [0.2, 0.25) is 0 Å². The van der Waals surface area contributed by atoms with Gasteiger partial charge in [0.1, 0.15) is 0 Å². The van der Waals surface area contributed by atoms with Crippen molar-refractivity contribution >= 4 is 34.7 Å². The molecule has 0 saturated carbocycles. The molecule has 0 amide bonds. The fourth-order valence-corrected chi connectivity index (χ4v) is 4.53. The van der Waals surface area contributed by atoms with Crippen LogP contribution in [-0.2, 0) is 0 Å². The van der Waals surface area contributed by atoms with E-state index in [1.54, 1.807) is 0 Å². The van der Waals surface area contributed by atoms with Crippen LogP contribution in [0.4, 0.5) is 11.4 Å². The molecular formula is C36H33N3. The molecule has 0 aliphatic rings. The summed E-state index contributed by atoms with van der Waals surface area (Å²) in [7, 11) is 0. The maximum absolute atomic E-state index is 9.68. The standard InChI is InChI=1S/C36H33N3/c1-2-3-4-11-24-39(35-20-16-29(17-21-35)25-33(27-37)31-12-7-5-8-13-31)36-22-18-30(19-23-36)26-34(28-38)32-14-9-6-10-15-32/h5-10,12-23,25-26H,2-4,11,24H2,1H3/b33-25+,34-26+. The van der Waals surface area contributed by atoms with Gasteiger partial charge in [-0.2, -0.15) is 10.5 Å². The summed E-state index contributed by atoms with van der Waals surface area (Å²) in [5.41, 5.74) is 7.36. The summed E-state index contributed by atoms with van der Waals surface area (Å²) in [5.74, 6) is 0. The molecule has 0 aliphatic carbocycles. The molecule has 39 heavy (non-hydrogen) atoms. The van der Waals surface area contributed by atoms with E-state index in [9.17, 15) is 10.5 Å². The Balaban J connectivity index is 1.58. The molecule has 0 heterocycles. The minimum Gasteiger partial charge on any atom is -0.341 e. The lowest BCUT2D eigenvalue weighted by Crippen LogP contribution is -2.18. The summed E-state index contributed by atoms with van der Waals surface area (Å²) < 4.78 is 0. The van der Waals surface area contributed by atoms with Gasteiger partial charge in [0.25, 0.3) is 0 Å². The van der Waals surface area contributed by atoms with Crippen molar-refractivity contribution in [3.05, 3.63) is 131 Å². The first-order valence-electron chi connectivity index (χ1n) is 13.5. The molecule has 0 radical (unpaired) electrons. The van der Waals surface area contributed by atoms with E-state index in [1.165, 1.54) is 19.3 Å². The van der Waals surface area contributed by atoms with Crippen LogP contribution >= 0.6 is 0 Å². The summed E-state index contributed by atoms with van der Waals surface area (Å²) in [6.07, 6.45) is 8.61. The number of nitriles is 2. The number of hydrogen-bond donors (Lipinski definition) is 0. The Morgan fingerprint density at radius 3 is 1.41 bits per heavy atom. The van der Waals surface area contributed by atoms with Crippen molar-refractivity contribution < 1.29 is 0 Å². The number of nitrogens with zero attached hydrogens (tertiary/aromatic N) is 3. The van der Waals surface area contributed by atoms with Crippen molar-refractivity contribution in [1.29, 1.82) is 10.5 Å². The molecule has 0 aromatic heterocycles. The van der Waals surface area contributed by atoms with Crippen LogP contribution in [0, 0.1) is 22.7 Å². The zero-order chi connectivity index (χ0) is 27.3. The van der Waals surface area contributed by atoms with E-state index in [4.69, 9.17) is 0 Å². The third kappa shape index (κ3) is 7.57. The Morgan fingerprint density at radius 2 is 1.03 bits per heavy atom. The van der Waals surface area contributed by atoms with Crippen molar-refractivity contribution in [3.63, 3.8) is 0 Å². The number of hydrogen-bond acceptors (Lipinski definition) is 3. The van der Waals surface area contributed by atoms with Gasteiger partial charge in [-0.15, -0.1) is 0 Å². The van der Waals surface area contributed by atoms with Gasteiger partial charge in [0.05, 0.1) is 23.3 Å². The fourth-order valence-electron chi connectivity index (χ4n) is 4.53. The van der Waals surface area contributed by atoms with Crippen molar-refractivity contribution in [2.75, 3.05) is 11.4 Å². The van der Waals surface area contributed by atoms with Crippen molar-refractivity contribution in [2.24, 2.45) is 0 Å². The van der Waals surface area contributed by atoms with Gasteiger partial charge in [-0.25, -0.2) is 0 Å². The molecule has 0 saturated heterocycles. The summed E-state index contributed by atoms with van der Waals surface area (Å²) in [4.78, 5) is 2.35. The first-order valence-corrected chi connectivity index (χ1v) is 13.5. The fraction of sp³-hybridized carbons (Fsp3) is 0.167. The second kappa shape index (κ2) is 14.2. The lowest BCUT2D eigenvalue weighted by Gasteiger charge is -2.25. The molecular weight excluding hydrogens is 474 g/mol. The van der Waals surface area contributed by atoms with E-state index >= 15 is 0 Å². The van der Waals surface area contributed by atoms with Gasteiger partial charge in [0, 0.05) is 17.9 Å². The van der Waals surface area contributed by atoms with Crippen molar-refractivity contribution in [1.82, 2.24) is 0 Å². The van der Waals surface area contributed by atoms with Gasteiger partial charge >= 0.3 is 0 Å². The topological polar surface area (TPSA) is 50.8 Å². The second-order valence-electron chi connectivity index (χ2n) is 9.47. The quantitative estimate of drug-likeness (QED) is 0.115. The molecule has 0 fully saturated rings. The number of unbranched alkanes of at least 4 members (excludes halogenated alkanes) is 3. The maximum atomic E-state index is 9.68. The summed E-state index contributed by atoms with van der Waals surface area (Å²) >= 11 is 0. The zero-order valence-electron chi connectivity index (χ0n) is 22.4. The first-order chi connectivity index (χ1) is 19.2. The van der Waals surface area contributed by atoms with Crippen LogP contribution in [0.2, 0.25) is 0 Å². The largest absolute Gasteiger partial charge is 0.341 e. The SMILES string of the molecule is CCCCCCN(c1ccc(/C=C(\C#N)c2ccccc2)cc1)c1ccc(/C=C(\C#N)c2ccccc2)cc1. The predicted octanol–water partition coefficient (Wildman–Crippen LogP) is 9.53. The zero-order valence-corrected chi connectivity index (χ0v) is 22.4. The van der Waals surface area contributed by atoms with Crippen molar-refractivity contribution in [2.45, 2.75) is 32.6 Å². The molecule has 0 atom stereocenters. The normalized spacial score (nSPS) is 11.5. The minimum absolute atomic E-state index is 0.649. The van der Waals surface area contributed by atoms with Crippen LogP contribution in [0.1, 0.15) is 54.9 Å². The van der Waals surface area contributed by atoms with Gasteiger partial charge in [-0.1, -0.05) is 111 Å². The Morgan fingerprint density at radius 1 is 0.590 bits per heavy atom. The Hall–Kier alpha value is -4.86. The highest BCUT2D eigenvalue weighted by atomic mass is 15.1. The maximum Gasteiger partial charge on any atom is 0.0998 e. The van der Waals surface area contributed by atoms with Gasteiger partial charge in [-0.3, -0.25) is 0 Å². The van der Waals surface area contributed by atoms with Crippen LogP contribution in [0.3, 0.4) is 0 Å². The third-order valence-corrected chi connectivity index (χ3v) is 6.68. The number of anilines is 2. The third-order valence-electron chi connectivity index (χ3n) is 6.68. The number of allylic oxidation sites excluding steroid dienone is 2. The Labute approximate surface area is 232 Å². The summed E-state index contributed by atoms with van der Waals surface area (Å²) in [6, 6.07) is 41.0. The van der Waals surface area contributed by atoms with Gasteiger partial charge in [0.15, 0.2) is 0 Å². The molecule has 0 bridgehead atoms. The van der Waals surface area contributed by atoms with Gasteiger partial charge in [-0.05, 0) is 65.1 Å². The van der Waals surface area contributed by atoms with E-state index < -0.39 is 0 Å². The van der Waals surface area contributed by atoms with Crippen LogP contribution in [0.15, 0.2) is 109 Å². The Bertz CT molecular complexity index is 1360. The van der Waals surface area contributed by atoms with Crippen molar-refractivity contribution in [3.8, 4) is 12.1 Å². The molecule has 0 unspecified atom stereocenters. The number of benzene rings is 4. The van der Waals surface area contributed by atoms with Crippen LogP contribution in [-0.4, -0.2) is 6.54 Å². The van der Waals surface area contributed by atoms with Crippen LogP contribution in [0.25, 0.3) is 23.3 Å². The molecule has 3 nitrogen and oxygen atoms in total. The molecule has 3 heteroatoms. The van der Waals surface area contributed by atoms with Crippen LogP contribution in [0.5, 0.6) is 0 Å². The predicted molar refractivity (Wildman–Crippen MR) is 164 cm³/mol. The monoisotopic (exact) mass is 507 g/mol.